The van der Waals surface area contributed by atoms with E-state index in [1.54, 1.807) is 18.5 Å². The number of aliphatic hydroxyl groups is 1. The van der Waals surface area contributed by atoms with Crippen LogP contribution in [0.3, 0.4) is 0 Å². The molecule has 0 radical (unpaired) electrons. The Balaban J connectivity index is 1.47. The van der Waals surface area contributed by atoms with Crippen LogP contribution in [0.5, 0.6) is 0 Å². The molecule has 1 atom stereocenters. The second-order valence-electron chi connectivity index (χ2n) is 7.75. The first-order valence-corrected chi connectivity index (χ1v) is 10.4. The molecule has 1 unspecified atom stereocenters. The van der Waals surface area contributed by atoms with E-state index in [4.69, 9.17) is 9.15 Å². The number of carbonyl (C=O) groups excluding carboxylic acids is 1. The molecule has 1 aliphatic rings. The number of benzene rings is 1. The Kier molecular flexibility index (Phi) is 7.09. The Labute approximate surface area is 181 Å². The Morgan fingerprint density at radius 3 is 2.55 bits per heavy atom. The highest BCUT2D eigenvalue weighted by atomic mass is 16.5. The Morgan fingerprint density at radius 1 is 1.00 bits per heavy atom. The quantitative estimate of drug-likeness (QED) is 0.602. The van der Waals surface area contributed by atoms with Gasteiger partial charge in [-0.1, -0.05) is 36.4 Å². The van der Waals surface area contributed by atoms with Crippen LogP contribution in [0.4, 0.5) is 0 Å². The van der Waals surface area contributed by atoms with Crippen LogP contribution in [0, 0.1) is 0 Å². The van der Waals surface area contributed by atoms with Crippen LogP contribution in [-0.2, 0) is 35.8 Å². The molecule has 7 nitrogen and oxygen atoms in total. The molecule has 0 aliphatic carbocycles. The van der Waals surface area contributed by atoms with Crippen molar-refractivity contribution in [2.75, 3.05) is 19.6 Å². The van der Waals surface area contributed by atoms with Gasteiger partial charge in [-0.3, -0.25) is 14.7 Å². The molecule has 0 bridgehead atoms. The summed E-state index contributed by atoms with van der Waals surface area (Å²) in [5.74, 6) is 1.29. The number of hydrogen-bond donors (Lipinski definition) is 1. The molecule has 0 spiro atoms. The SMILES string of the molecule is O=C1CN(Cc2ccc(CO)o2)CC(OCc2ccccc2)CN1Cc1cccnc1. The number of ether oxygens (including phenoxy) is 1. The van der Waals surface area contributed by atoms with Crippen molar-refractivity contribution in [1.82, 2.24) is 14.8 Å². The molecular formula is C24H27N3O4. The Morgan fingerprint density at radius 2 is 1.81 bits per heavy atom. The maximum atomic E-state index is 13.0. The minimum absolute atomic E-state index is 0.0450. The van der Waals surface area contributed by atoms with Crippen molar-refractivity contribution in [3.8, 4) is 0 Å². The monoisotopic (exact) mass is 421 g/mol. The van der Waals surface area contributed by atoms with Crippen molar-refractivity contribution >= 4 is 5.91 Å². The fraction of sp³-hybridized carbons (Fsp3) is 0.333. The molecule has 162 valence electrons. The lowest BCUT2D eigenvalue weighted by molar-refractivity contribution is -0.132. The summed E-state index contributed by atoms with van der Waals surface area (Å²) < 4.78 is 11.9. The lowest BCUT2D eigenvalue weighted by atomic mass is 10.2. The predicted octanol–water partition coefficient (Wildman–Crippen LogP) is 2.60. The summed E-state index contributed by atoms with van der Waals surface area (Å²) in [4.78, 5) is 21.1. The average Bonchev–Trinajstić information content (AvgIpc) is 3.19. The van der Waals surface area contributed by atoms with Crippen LogP contribution in [0.25, 0.3) is 0 Å². The number of hydrogen-bond acceptors (Lipinski definition) is 6. The summed E-state index contributed by atoms with van der Waals surface area (Å²) in [6.45, 7) is 2.73. The van der Waals surface area contributed by atoms with E-state index in [2.05, 4.69) is 4.98 Å². The second kappa shape index (κ2) is 10.3. The van der Waals surface area contributed by atoms with E-state index in [1.165, 1.54) is 0 Å². The molecule has 3 heterocycles. The molecule has 7 heteroatoms. The maximum Gasteiger partial charge on any atom is 0.237 e. The number of furan rings is 1. The Bertz CT molecular complexity index is 961. The summed E-state index contributed by atoms with van der Waals surface area (Å²) in [5.41, 5.74) is 2.09. The third-order valence-electron chi connectivity index (χ3n) is 5.27. The van der Waals surface area contributed by atoms with Gasteiger partial charge in [0, 0.05) is 32.0 Å². The van der Waals surface area contributed by atoms with Gasteiger partial charge in [-0.05, 0) is 29.3 Å². The van der Waals surface area contributed by atoms with Crippen LogP contribution in [0.1, 0.15) is 22.6 Å². The smallest absolute Gasteiger partial charge is 0.237 e. The van der Waals surface area contributed by atoms with Gasteiger partial charge in [-0.2, -0.15) is 0 Å². The van der Waals surface area contributed by atoms with Crippen LogP contribution < -0.4 is 0 Å². The first-order chi connectivity index (χ1) is 15.2. The Hall–Kier alpha value is -3.00. The maximum absolute atomic E-state index is 13.0. The fourth-order valence-corrected chi connectivity index (χ4v) is 3.74. The van der Waals surface area contributed by atoms with Crippen LogP contribution in [0.15, 0.2) is 71.4 Å². The van der Waals surface area contributed by atoms with E-state index in [-0.39, 0.29) is 25.2 Å². The van der Waals surface area contributed by atoms with Gasteiger partial charge >= 0.3 is 0 Å². The largest absolute Gasteiger partial charge is 0.462 e. The normalized spacial score (nSPS) is 17.6. The van der Waals surface area contributed by atoms with Crippen molar-refractivity contribution in [3.05, 3.63) is 89.6 Å². The highest BCUT2D eigenvalue weighted by Crippen LogP contribution is 2.17. The number of rotatable bonds is 8. The minimum atomic E-state index is -0.143. The number of aromatic nitrogens is 1. The van der Waals surface area contributed by atoms with Gasteiger partial charge in [0.1, 0.15) is 18.1 Å². The van der Waals surface area contributed by atoms with Gasteiger partial charge < -0.3 is 19.2 Å². The van der Waals surface area contributed by atoms with E-state index in [9.17, 15) is 9.90 Å². The van der Waals surface area contributed by atoms with E-state index in [1.807, 2.05) is 58.3 Å². The zero-order valence-corrected chi connectivity index (χ0v) is 17.4. The highest BCUT2D eigenvalue weighted by Gasteiger charge is 2.29. The molecule has 4 rings (SSSR count). The summed E-state index contributed by atoms with van der Waals surface area (Å²) >= 11 is 0. The molecule has 2 aromatic heterocycles. The van der Waals surface area contributed by atoms with E-state index in [0.29, 0.717) is 38.5 Å². The van der Waals surface area contributed by atoms with Gasteiger partial charge in [-0.25, -0.2) is 0 Å². The molecule has 0 saturated carbocycles. The molecule has 3 aromatic rings. The lowest BCUT2D eigenvalue weighted by Gasteiger charge is -2.25. The number of carbonyl (C=O) groups is 1. The summed E-state index contributed by atoms with van der Waals surface area (Å²) in [6.07, 6.45) is 3.37. The minimum Gasteiger partial charge on any atom is -0.462 e. The van der Waals surface area contributed by atoms with Crippen molar-refractivity contribution in [2.24, 2.45) is 0 Å². The number of nitrogens with zero attached hydrogens (tertiary/aromatic N) is 3. The molecule has 1 aromatic carbocycles. The fourth-order valence-electron chi connectivity index (χ4n) is 3.74. The van der Waals surface area contributed by atoms with Gasteiger partial charge in [0.05, 0.1) is 25.8 Å². The zero-order chi connectivity index (χ0) is 21.5. The summed E-state index contributed by atoms with van der Waals surface area (Å²) in [5, 5.41) is 9.25. The molecule has 1 saturated heterocycles. The van der Waals surface area contributed by atoms with E-state index >= 15 is 0 Å². The van der Waals surface area contributed by atoms with Gasteiger partial charge in [0.15, 0.2) is 0 Å². The molecule has 1 amide bonds. The summed E-state index contributed by atoms with van der Waals surface area (Å²) in [7, 11) is 0. The van der Waals surface area contributed by atoms with Gasteiger partial charge in [0.25, 0.3) is 0 Å². The third-order valence-corrected chi connectivity index (χ3v) is 5.27. The van der Waals surface area contributed by atoms with Crippen molar-refractivity contribution in [1.29, 1.82) is 0 Å². The first kappa shape index (κ1) is 21.2. The van der Waals surface area contributed by atoms with Crippen molar-refractivity contribution in [3.63, 3.8) is 0 Å². The highest BCUT2D eigenvalue weighted by molar-refractivity contribution is 5.78. The molecular weight excluding hydrogens is 394 g/mol. The van der Waals surface area contributed by atoms with Gasteiger partial charge in [-0.15, -0.1) is 0 Å². The zero-order valence-electron chi connectivity index (χ0n) is 17.4. The topological polar surface area (TPSA) is 79.0 Å². The number of amides is 1. The third kappa shape index (κ3) is 6.01. The molecule has 1 N–H and O–H groups in total. The second-order valence-corrected chi connectivity index (χ2v) is 7.75. The standard InChI is InChI=1S/C24H27N3O4/c28-17-22-9-8-21(31-22)13-26-14-23(30-18-19-5-2-1-3-6-19)15-27(24(29)16-26)12-20-7-4-10-25-11-20/h1-11,23,28H,12-18H2. The van der Waals surface area contributed by atoms with Crippen molar-refractivity contribution in [2.45, 2.75) is 32.4 Å². The first-order valence-electron chi connectivity index (χ1n) is 10.4. The van der Waals surface area contributed by atoms with Crippen molar-refractivity contribution < 1.29 is 19.1 Å². The van der Waals surface area contributed by atoms with Crippen LogP contribution >= 0.6 is 0 Å². The molecule has 31 heavy (non-hydrogen) atoms. The predicted molar refractivity (Wildman–Crippen MR) is 115 cm³/mol. The number of pyridine rings is 1. The van der Waals surface area contributed by atoms with Crippen LogP contribution in [-0.4, -0.2) is 51.5 Å². The molecule has 1 aliphatic heterocycles. The van der Waals surface area contributed by atoms with E-state index < -0.39 is 0 Å². The van der Waals surface area contributed by atoms with E-state index in [0.717, 1.165) is 16.9 Å². The average molecular weight is 421 g/mol. The van der Waals surface area contributed by atoms with Gasteiger partial charge in [0.2, 0.25) is 5.91 Å². The van der Waals surface area contributed by atoms with Crippen LogP contribution in [0.2, 0.25) is 0 Å². The number of aliphatic hydroxyl groups excluding tert-OH is 1. The molecule has 1 fully saturated rings. The lowest BCUT2D eigenvalue weighted by Crippen LogP contribution is -2.37. The summed E-state index contributed by atoms with van der Waals surface area (Å²) in [6, 6.07) is 17.5.